The van der Waals surface area contributed by atoms with Crippen LogP contribution in [0.25, 0.3) is 0 Å². The van der Waals surface area contributed by atoms with Gasteiger partial charge in [-0.2, -0.15) is 0 Å². The summed E-state index contributed by atoms with van der Waals surface area (Å²) in [5.74, 6) is 0.152. The minimum atomic E-state index is -0.933. The molecule has 34 heavy (non-hydrogen) atoms. The van der Waals surface area contributed by atoms with E-state index in [0.717, 1.165) is 5.56 Å². The zero-order valence-corrected chi connectivity index (χ0v) is 19.5. The van der Waals surface area contributed by atoms with Gasteiger partial charge in [0.05, 0.1) is 13.7 Å². The van der Waals surface area contributed by atoms with E-state index in [1.54, 1.807) is 59.6 Å². The second kappa shape index (κ2) is 10.2. The number of aromatic nitrogens is 1. The molecule has 9 heteroatoms. The molecule has 1 atom stereocenters. The summed E-state index contributed by atoms with van der Waals surface area (Å²) >= 11 is 0. The van der Waals surface area contributed by atoms with Crippen LogP contribution < -0.4 is 10.1 Å². The highest BCUT2D eigenvalue weighted by atomic mass is 16.5. The van der Waals surface area contributed by atoms with Crippen LogP contribution in [0, 0.1) is 0 Å². The van der Waals surface area contributed by atoms with E-state index in [1.807, 2.05) is 13.0 Å². The van der Waals surface area contributed by atoms with E-state index in [-0.39, 0.29) is 24.3 Å². The molecule has 2 aliphatic heterocycles. The molecule has 2 saturated heterocycles. The number of carbonyl (C=O) groups is 3. The fourth-order valence-electron chi connectivity index (χ4n) is 4.58. The number of nitrogens with zero attached hydrogens (tertiary/aromatic N) is 3. The Labute approximate surface area is 199 Å². The first-order valence-corrected chi connectivity index (χ1v) is 11.5. The van der Waals surface area contributed by atoms with E-state index in [9.17, 15) is 14.4 Å². The third kappa shape index (κ3) is 4.75. The molecule has 0 saturated carbocycles. The first-order valence-electron chi connectivity index (χ1n) is 11.5. The molecule has 2 aromatic rings. The summed E-state index contributed by atoms with van der Waals surface area (Å²) in [5.41, 5.74) is 0.379. The highest BCUT2D eigenvalue weighted by molar-refractivity contribution is 5.98. The van der Waals surface area contributed by atoms with Crippen LogP contribution in [0.2, 0.25) is 0 Å². The quantitative estimate of drug-likeness (QED) is 0.699. The van der Waals surface area contributed by atoms with Crippen molar-refractivity contribution in [3.05, 3.63) is 59.9 Å². The van der Waals surface area contributed by atoms with E-state index in [4.69, 9.17) is 9.47 Å². The van der Waals surface area contributed by atoms with Crippen molar-refractivity contribution < 1.29 is 23.9 Å². The maximum absolute atomic E-state index is 13.7. The molecule has 1 unspecified atom stereocenters. The number of methoxy groups -OCH3 is 1. The van der Waals surface area contributed by atoms with Gasteiger partial charge in [-0.1, -0.05) is 13.0 Å². The van der Waals surface area contributed by atoms with E-state index in [0.29, 0.717) is 50.2 Å². The Morgan fingerprint density at radius 2 is 1.91 bits per heavy atom. The highest BCUT2D eigenvalue weighted by Gasteiger charge is 2.54. The number of carbonyl (C=O) groups excluding carboxylic acids is 3. The predicted molar refractivity (Wildman–Crippen MR) is 124 cm³/mol. The van der Waals surface area contributed by atoms with Gasteiger partial charge >= 0.3 is 0 Å². The van der Waals surface area contributed by atoms with E-state index < -0.39 is 11.8 Å². The molecule has 0 radical (unpaired) electrons. The first-order chi connectivity index (χ1) is 16.5. The maximum Gasteiger partial charge on any atom is 0.256 e. The molecular formula is C25H30N4O5. The van der Waals surface area contributed by atoms with Gasteiger partial charge in [0.2, 0.25) is 11.8 Å². The number of hydrogen-bond acceptors (Lipinski definition) is 6. The van der Waals surface area contributed by atoms with Gasteiger partial charge in [0.15, 0.2) is 0 Å². The lowest BCUT2D eigenvalue weighted by Crippen LogP contribution is -2.59. The molecule has 1 aromatic heterocycles. The van der Waals surface area contributed by atoms with Gasteiger partial charge in [-0.15, -0.1) is 0 Å². The molecule has 180 valence electrons. The zero-order chi connectivity index (χ0) is 24.1. The normalized spacial score (nSPS) is 19.2. The number of hydrogen-bond donors (Lipinski definition) is 1. The SMILES string of the molecule is CCC(=O)N1CCC2(CC1)OCC(C(=O)NCc1cccnc1)N2C(=O)c1ccc(OC)cc1. The second-order valence-electron chi connectivity index (χ2n) is 8.49. The van der Waals surface area contributed by atoms with E-state index in [2.05, 4.69) is 10.3 Å². The van der Waals surface area contributed by atoms with Gasteiger partial charge in [0.1, 0.15) is 17.5 Å². The smallest absolute Gasteiger partial charge is 0.256 e. The summed E-state index contributed by atoms with van der Waals surface area (Å²) in [6.45, 7) is 3.19. The van der Waals surface area contributed by atoms with Gasteiger partial charge in [-0.05, 0) is 35.9 Å². The summed E-state index contributed by atoms with van der Waals surface area (Å²) in [6.07, 6.45) is 4.69. The summed E-state index contributed by atoms with van der Waals surface area (Å²) in [5, 5.41) is 2.92. The monoisotopic (exact) mass is 466 g/mol. The van der Waals surface area contributed by atoms with Gasteiger partial charge in [-0.25, -0.2) is 0 Å². The van der Waals surface area contributed by atoms with Crippen molar-refractivity contribution in [2.75, 3.05) is 26.8 Å². The van der Waals surface area contributed by atoms with Crippen LogP contribution in [0.15, 0.2) is 48.8 Å². The fraction of sp³-hybridized carbons (Fsp3) is 0.440. The molecule has 3 amide bonds. The minimum absolute atomic E-state index is 0.0756. The molecular weight excluding hydrogens is 436 g/mol. The molecule has 0 bridgehead atoms. The van der Waals surface area contributed by atoms with Crippen molar-refractivity contribution in [3.8, 4) is 5.75 Å². The Bertz CT molecular complexity index is 1020. The lowest BCUT2D eigenvalue weighted by Gasteiger charge is -2.44. The Balaban J connectivity index is 1.57. The average Bonchev–Trinajstić information content (AvgIpc) is 3.25. The predicted octanol–water partition coefficient (Wildman–Crippen LogP) is 1.98. The van der Waals surface area contributed by atoms with Crippen LogP contribution in [0.3, 0.4) is 0 Å². The van der Waals surface area contributed by atoms with Crippen LogP contribution in [-0.2, 0) is 20.9 Å². The lowest BCUT2D eigenvalue weighted by atomic mass is 9.96. The molecule has 1 spiro atoms. The molecule has 4 rings (SSSR count). The number of piperidine rings is 1. The Morgan fingerprint density at radius 1 is 1.18 bits per heavy atom. The van der Waals surface area contributed by atoms with Gasteiger partial charge < -0.3 is 19.7 Å². The van der Waals surface area contributed by atoms with Crippen molar-refractivity contribution in [1.82, 2.24) is 20.1 Å². The molecule has 1 aromatic carbocycles. The van der Waals surface area contributed by atoms with Crippen LogP contribution >= 0.6 is 0 Å². The Hall–Kier alpha value is -3.46. The van der Waals surface area contributed by atoms with Gasteiger partial charge in [-0.3, -0.25) is 24.3 Å². The van der Waals surface area contributed by atoms with Crippen molar-refractivity contribution in [3.63, 3.8) is 0 Å². The number of rotatable bonds is 6. The van der Waals surface area contributed by atoms with Gasteiger partial charge in [0.25, 0.3) is 5.91 Å². The number of benzene rings is 1. The molecule has 9 nitrogen and oxygen atoms in total. The summed E-state index contributed by atoms with van der Waals surface area (Å²) in [7, 11) is 1.56. The third-order valence-electron chi connectivity index (χ3n) is 6.51. The second-order valence-corrected chi connectivity index (χ2v) is 8.49. The van der Waals surface area contributed by atoms with E-state index in [1.165, 1.54) is 0 Å². The fourth-order valence-corrected chi connectivity index (χ4v) is 4.58. The maximum atomic E-state index is 13.7. The summed E-state index contributed by atoms with van der Waals surface area (Å²) in [4.78, 5) is 46.6. The Kier molecular flexibility index (Phi) is 7.12. The number of ether oxygens (including phenoxy) is 2. The number of amides is 3. The van der Waals surface area contributed by atoms with Crippen LogP contribution in [0.1, 0.15) is 42.1 Å². The van der Waals surface area contributed by atoms with Crippen molar-refractivity contribution in [1.29, 1.82) is 0 Å². The molecule has 2 aliphatic rings. The minimum Gasteiger partial charge on any atom is -0.497 e. The summed E-state index contributed by atoms with van der Waals surface area (Å²) < 4.78 is 11.4. The molecule has 2 fully saturated rings. The zero-order valence-electron chi connectivity index (χ0n) is 19.5. The van der Waals surface area contributed by atoms with Gasteiger partial charge in [0, 0.05) is 56.9 Å². The van der Waals surface area contributed by atoms with Crippen LogP contribution in [-0.4, -0.2) is 71.1 Å². The number of nitrogens with one attached hydrogen (secondary N) is 1. The topological polar surface area (TPSA) is 101 Å². The third-order valence-corrected chi connectivity index (χ3v) is 6.51. The molecule has 0 aliphatic carbocycles. The van der Waals surface area contributed by atoms with Crippen molar-refractivity contribution >= 4 is 17.7 Å². The molecule has 1 N–H and O–H groups in total. The number of likely N-dealkylation sites (tertiary alicyclic amines) is 1. The Morgan fingerprint density at radius 3 is 2.53 bits per heavy atom. The largest absolute Gasteiger partial charge is 0.497 e. The standard InChI is InChI=1S/C25H30N4O5/c1-3-22(30)28-13-10-25(11-14-28)29(24(32)19-6-8-20(33-2)9-7-19)21(17-34-25)23(31)27-16-18-5-4-12-26-15-18/h4-9,12,15,21H,3,10-11,13-14,16-17H2,1-2H3,(H,27,31). The van der Waals surface area contributed by atoms with Crippen LogP contribution in [0.4, 0.5) is 0 Å². The van der Waals surface area contributed by atoms with Crippen molar-refractivity contribution in [2.45, 2.75) is 44.5 Å². The van der Waals surface area contributed by atoms with Crippen LogP contribution in [0.5, 0.6) is 5.75 Å². The first kappa shape index (κ1) is 23.7. The van der Waals surface area contributed by atoms with Crippen molar-refractivity contribution in [2.24, 2.45) is 0 Å². The highest BCUT2D eigenvalue weighted by Crippen LogP contribution is 2.38. The summed E-state index contributed by atoms with van der Waals surface area (Å²) in [6, 6.07) is 9.72. The van der Waals surface area contributed by atoms with E-state index >= 15 is 0 Å². The average molecular weight is 467 g/mol. The molecule has 3 heterocycles. The number of pyridine rings is 1. The lowest BCUT2D eigenvalue weighted by molar-refractivity contribution is -0.143.